The maximum atomic E-state index is 12.2. The lowest BCUT2D eigenvalue weighted by Crippen LogP contribution is -2.17. The lowest BCUT2D eigenvalue weighted by molar-refractivity contribution is -0.113. The van der Waals surface area contributed by atoms with Gasteiger partial charge in [0.05, 0.1) is 17.5 Å². The number of aryl methyl sites for hydroxylation is 1. The Balaban J connectivity index is 1.58. The number of nitrogens with zero attached hydrogens (tertiary/aromatic N) is 1. The van der Waals surface area contributed by atoms with E-state index < -0.39 is 0 Å². The zero-order chi connectivity index (χ0) is 16.1. The van der Waals surface area contributed by atoms with Gasteiger partial charge in [-0.3, -0.25) is 10.1 Å². The third kappa shape index (κ3) is 4.38. The smallest absolute Gasteiger partial charge is 0.239 e. The SMILES string of the molecule is Cc1ccc(-c2cnoc2NC(=O)CSC2CCCCC2)cc1. The summed E-state index contributed by atoms with van der Waals surface area (Å²) in [4.78, 5) is 12.2. The third-order valence-corrected chi connectivity index (χ3v) is 5.56. The van der Waals surface area contributed by atoms with Gasteiger partial charge in [-0.1, -0.05) is 54.2 Å². The summed E-state index contributed by atoms with van der Waals surface area (Å²) in [5.41, 5.74) is 3.01. The van der Waals surface area contributed by atoms with Crippen molar-refractivity contribution in [2.24, 2.45) is 0 Å². The first kappa shape index (κ1) is 16.1. The van der Waals surface area contributed by atoms with E-state index >= 15 is 0 Å². The highest BCUT2D eigenvalue weighted by Crippen LogP contribution is 2.30. The number of benzene rings is 1. The van der Waals surface area contributed by atoms with Gasteiger partial charge < -0.3 is 4.52 Å². The molecule has 1 N–H and O–H groups in total. The number of nitrogens with one attached hydrogen (secondary N) is 1. The molecule has 0 aliphatic heterocycles. The second-order valence-electron chi connectivity index (χ2n) is 6.05. The molecule has 4 nitrogen and oxygen atoms in total. The first-order chi connectivity index (χ1) is 11.2. The average molecular weight is 330 g/mol. The Kier molecular flexibility index (Phi) is 5.39. The molecule has 0 saturated heterocycles. The summed E-state index contributed by atoms with van der Waals surface area (Å²) in [6.07, 6.45) is 8.03. The van der Waals surface area contributed by atoms with Crippen LogP contribution in [0.2, 0.25) is 0 Å². The molecule has 1 aromatic carbocycles. The van der Waals surface area contributed by atoms with Crippen LogP contribution >= 0.6 is 11.8 Å². The van der Waals surface area contributed by atoms with E-state index in [2.05, 4.69) is 10.5 Å². The van der Waals surface area contributed by atoms with E-state index in [9.17, 15) is 4.79 Å². The lowest BCUT2D eigenvalue weighted by atomic mass is 10.0. The first-order valence-corrected chi connectivity index (χ1v) is 9.20. The highest BCUT2D eigenvalue weighted by atomic mass is 32.2. The lowest BCUT2D eigenvalue weighted by Gasteiger charge is -2.20. The number of thioether (sulfide) groups is 1. The van der Waals surface area contributed by atoms with Crippen LogP contribution in [0.3, 0.4) is 0 Å². The van der Waals surface area contributed by atoms with E-state index in [4.69, 9.17) is 4.52 Å². The number of rotatable bonds is 5. The predicted octanol–water partition coefficient (Wildman–Crippen LogP) is 4.65. The van der Waals surface area contributed by atoms with Gasteiger partial charge in [-0.25, -0.2) is 0 Å². The van der Waals surface area contributed by atoms with Crippen LogP contribution in [-0.4, -0.2) is 22.1 Å². The van der Waals surface area contributed by atoms with Gasteiger partial charge in [-0.15, -0.1) is 11.8 Å². The van der Waals surface area contributed by atoms with Gasteiger partial charge in [0, 0.05) is 5.25 Å². The highest BCUT2D eigenvalue weighted by molar-refractivity contribution is 8.00. The zero-order valence-corrected chi connectivity index (χ0v) is 14.2. The average Bonchev–Trinajstić information content (AvgIpc) is 3.03. The van der Waals surface area contributed by atoms with Gasteiger partial charge in [0.1, 0.15) is 0 Å². The minimum atomic E-state index is -0.0225. The number of anilines is 1. The van der Waals surface area contributed by atoms with Crippen molar-refractivity contribution in [2.45, 2.75) is 44.3 Å². The Morgan fingerprint density at radius 1 is 1.26 bits per heavy atom. The van der Waals surface area contributed by atoms with E-state index in [1.807, 2.05) is 31.2 Å². The molecule has 1 fully saturated rings. The number of hydrogen-bond donors (Lipinski definition) is 1. The number of carbonyl (C=O) groups is 1. The second kappa shape index (κ2) is 7.68. The van der Waals surface area contributed by atoms with Gasteiger partial charge >= 0.3 is 0 Å². The Morgan fingerprint density at radius 3 is 2.74 bits per heavy atom. The Morgan fingerprint density at radius 2 is 2.00 bits per heavy atom. The van der Waals surface area contributed by atoms with Crippen LogP contribution < -0.4 is 5.32 Å². The summed E-state index contributed by atoms with van der Waals surface area (Å²) in [6.45, 7) is 2.04. The zero-order valence-electron chi connectivity index (χ0n) is 13.4. The van der Waals surface area contributed by atoms with Crippen LogP contribution in [-0.2, 0) is 4.79 Å². The molecule has 0 atom stereocenters. The number of carbonyl (C=O) groups excluding carboxylic acids is 1. The maximum Gasteiger partial charge on any atom is 0.239 e. The molecule has 1 aromatic heterocycles. The number of amides is 1. The number of hydrogen-bond acceptors (Lipinski definition) is 4. The van der Waals surface area contributed by atoms with Gasteiger partial charge in [0.15, 0.2) is 0 Å². The minimum Gasteiger partial charge on any atom is -0.338 e. The molecule has 0 unspecified atom stereocenters. The maximum absolute atomic E-state index is 12.2. The van der Waals surface area contributed by atoms with Gasteiger partial charge in [0.2, 0.25) is 11.8 Å². The molecule has 1 aliphatic carbocycles. The summed E-state index contributed by atoms with van der Waals surface area (Å²) < 4.78 is 5.22. The molecule has 23 heavy (non-hydrogen) atoms. The molecule has 1 heterocycles. The van der Waals surface area contributed by atoms with Crippen molar-refractivity contribution in [2.75, 3.05) is 11.1 Å². The van der Waals surface area contributed by atoms with Crippen LogP contribution in [0.25, 0.3) is 11.1 Å². The van der Waals surface area contributed by atoms with Crippen LogP contribution in [0.5, 0.6) is 0 Å². The number of aromatic nitrogens is 1. The summed E-state index contributed by atoms with van der Waals surface area (Å²) in [7, 11) is 0. The first-order valence-electron chi connectivity index (χ1n) is 8.15. The van der Waals surface area contributed by atoms with Crippen molar-refractivity contribution in [3.05, 3.63) is 36.0 Å². The van der Waals surface area contributed by atoms with Crippen molar-refractivity contribution in [3.63, 3.8) is 0 Å². The van der Waals surface area contributed by atoms with Crippen LogP contribution in [0.4, 0.5) is 5.88 Å². The minimum absolute atomic E-state index is 0.0225. The summed E-state index contributed by atoms with van der Waals surface area (Å²) in [5, 5.41) is 7.31. The molecule has 0 spiro atoms. The fraction of sp³-hybridized carbons (Fsp3) is 0.444. The Hall–Kier alpha value is -1.75. The normalized spacial score (nSPS) is 15.5. The van der Waals surface area contributed by atoms with E-state index in [1.54, 1.807) is 18.0 Å². The molecule has 2 aromatic rings. The van der Waals surface area contributed by atoms with E-state index in [-0.39, 0.29) is 5.91 Å². The molecule has 3 rings (SSSR count). The van der Waals surface area contributed by atoms with Crippen LogP contribution in [0.1, 0.15) is 37.7 Å². The van der Waals surface area contributed by atoms with Crippen LogP contribution in [0.15, 0.2) is 35.0 Å². The monoisotopic (exact) mass is 330 g/mol. The fourth-order valence-corrected chi connectivity index (χ4v) is 3.98. The topological polar surface area (TPSA) is 55.1 Å². The molecule has 0 bridgehead atoms. The van der Waals surface area contributed by atoms with Crippen molar-refractivity contribution in [1.29, 1.82) is 0 Å². The molecular formula is C18H22N2O2S. The molecule has 5 heteroatoms. The van der Waals surface area contributed by atoms with Crippen molar-refractivity contribution < 1.29 is 9.32 Å². The molecule has 0 radical (unpaired) electrons. The fourth-order valence-electron chi connectivity index (χ4n) is 2.86. The molecular weight excluding hydrogens is 308 g/mol. The van der Waals surface area contributed by atoms with Crippen molar-refractivity contribution >= 4 is 23.6 Å². The summed E-state index contributed by atoms with van der Waals surface area (Å²) in [6, 6.07) is 8.09. The van der Waals surface area contributed by atoms with E-state index in [0.29, 0.717) is 16.9 Å². The van der Waals surface area contributed by atoms with Gasteiger partial charge in [0.25, 0.3) is 0 Å². The quantitative estimate of drug-likeness (QED) is 0.866. The Bertz CT molecular complexity index is 645. The van der Waals surface area contributed by atoms with Gasteiger partial charge in [-0.2, -0.15) is 0 Å². The van der Waals surface area contributed by atoms with Crippen LogP contribution in [0, 0.1) is 6.92 Å². The molecule has 1 amide bonds. The molecule has 122 valence electrons. The summed E-state index contributed by atoms with van der Waals surface area (Å²) >= 11 is 1.76. The van der Waals surface area contributed by atoms with Crippen molar-refractivity contribution in [1.82, 2.24) is 5.16 Å². The van der Waals surface area contributed by atoms with E-state index in [0.717, 1.165) is 11.1 Å². The Labute approximate surface area is 141 Å². The summed E-state index contributed by atoms with van der Waals surface area (Å²) in [5.74, 6) is 0.882. The highest BCUT2D eigenvalue weighted by Gasteiger charge is 2.17. The third-order valence-electron chi connectivity index (χ3n) is 4.19. The largest absolute Gasteiger partial charge is 0.338 e. The van der Waals surface area contributed by atoms with Crippen molar-refractivity contribution in [3.8, 4) is 11.1 Å². The van der Waals surface area contributed by atoms with Gasteiger partial charge in [-0.05, 0) is 25.3 Å². The molecule has 1 aliphatic rings. The predicted molar refractivity (Wildman–Crippen MR) is 94.6 cm³/mol. The second-order valence-corrected chi connectivity index (χ2v) is 7.34. The van der Waals surface area contributed by atoms with E-state index in [1.165, 1.54) is 37.7 Å². The molecule has 1 saturated carbocycles. The standard InChI is InChI=1S/C18H22N2O2S/c1-13-7-9-14(10-8-13)16-11-19-22-18(16)20-17(21)12-23-15-5-3-2-4-6-15/h7-11,15H,2-6,12H2,1H3,(H,20,21).